The molecule has 1 aromatic heterocycles. The summed E-state index contributed by atoms with van der Waals surface area (Å²) in [6.07, 6.45) is 0.857. The highest BCUT2D eigenvalue weighted by Crippen LogP contribution is 2.45. The topological polar surface area (TPSA) is 115 Å². The Kier molecular flexibility index (Phi) is 9.67. The Balaban J connectivity index is 1.89. The van der Waals surface area contributed by atoms with Crippen LogP contribution in [0.25, 0.3) is 5.76 Å². The fraction of sp³-hybridized carbons (Fsp3) is 0.375. The number of carbonyl (C=O) groups excluding carboxylic acids is 3. The van der Waals surface area contributed by atoms with Crippen molar-refractivity contribution in [1.82, 2.24) is 4.98 Å². The van der Waals surface area contributed by atoms with Crippen molar-refractivity contribution < 1.29 is 33.7 Å². The van der Waals surface area contributed by atoms with Crippen LogP contribution in [0.1, 0.15) is 72.2 Å². The summed E-state index contributed by atoms with van der Waals surface area (Å²) in [6, 6.07) is 11.2. The van der Waals surface area contributed by atoms with Crippen LogP contribution in [0.4, 0.5) is 5.13 Å². The van der Waals surface area contributed by atoms with Gasteiger partial charge in [0, 0.05) is 5.56 Å². The molecular weight excluding hydrogens is 556 g/mol. The lowest BCUT2D eigenvalue weighted by Gasteiger charge is -2.24. The number of benzene rings is 2. The summed E-state index contributed by atoms with van der Waals surface area (Å²) in [5, 5.41) is 11.6. The van der Waals surface area contributed by atoms with Gasteiger partial charge in [0.1, 0.15) is 10.6 Å². The molecule has 1 N–H and O–H groups in total. The maximum atomic E-state index is 13.6. The van der Waals surface area contributed by atoms with Gasteiger partial charge in [0.15, 0.2) is 16.6 Å². The standard InChI is InChI=1S/C32H36N2O7S/c1-7-39-24-17-22(13-14-23(24)41-16-15-18(3)4)26-25(27(35)21-11-9-19(5)10-12-21)28(36)30(37)34(26)32-33-20(6)29(42-32)31(38)40-8-2/h9-14,17-18,26,35H,7-8,15-16H2,1-6H3/b27-25+. The van der Waals surface area contributed by atoms with E-state index in [0.717, 1.165) is 23.3 Å². The normalized spacial score (nSPS) is 16.3. The number of aliphatic hydroxyl groups excluding tert-OH is 1. The highest BCUT2D eigenvalue weighted by molar-refractivity contribution is 7.17. The summed E-state index contributed by atoms with van der Waals surface area (Å²) < 4.78 is 17.1. The zero-order chi connectivity index (χ0) is 30.6. The van der Waals surface area contributed by atoms with Gasteiger partial charge in [-0.15, -0.1) is 0 Å². The van der Waals surface area contributed by atoms with E-state index in [0.29, 0.717) is 47.5 Å². The summed E-state index contributed by atoms with van der Waals surface area (Å²) >= 11 is 0.959. The molecule has 1 aliphatic heterocycles. The van der Waals surface area contributed by atoms with E-state index in [-0.39, 0.29) is 27.9 Å². The molecule has 3 aromatic rings. The minimum absolute atomic E-state index is 0.0923. The summed E-state index contributed by atoms with van der Waals surface area (Å²) in [5.74, 6) is -1.16. The van der Waals surface area contributed by atoms with Crippen molar-refractivity contribution in [2.24, 2.45) is 5.92 Å². The largest absolute Gasteiger partial charge is 0.507 e. The lowest BCUT2D eigenvalue weighted by atomic mass is 9.95. The van der Waals surface area contributed by atoms with Gasteiger partial charge in [-0.2, -0.15) is 0 Å². The molecule has 0 spiro atoms. The number of aryl methyl sites for hydroxylation is 2. The lowest BCUT2D eigenvalue weighted by molar-refractivity contribution is -0.132. The Morgan fingerprint density at radius 1 is 1.02 bits per heavy atom. The van der Waals surface area contributed by atoms with E-state index in [1.54, 1.807) is 44.2 Å². The predicted octanol–water partition coefficient (Wildman–Crippen LogP) is 6.39. The first kappa shape index (κ1) is 30.8. The number of aromatic nitrogens is 1. The Hall–Kier alpha value is -4.18. The number of esters is 1. The second-order valence-electron chi connectivity index (χ2n) is 10.3. The van der Waals surface area contributed by atoms with Gasteiger partial charge in [-0.3, -0.25) is 14.5 Å². The number of rotatable bonds is 11. The molecule has 10 heteroatoms. The van der Waals surface area contributed by atoms with Crippen LogP contribution in [-0.2, 0) is 14.3 Å². The molecule has 1 unspecified atom stereocenters. The number of carbonyl (C=O) groups is 3. The van der Waals surface area contributed by atoms with Crippen LogP contribution in [0, 0.1) is 19.8 Å². The number of amides is 1. The van der Waals surface area contributed by atoms with Crippen molar-refractivity contribution in [3.8, 4) is 11.5 Å². The average molecular weight is 593 g/mol. The molecule has 42 heavy (non-hydrogen) atoms. The van der Waals surface area contributed by atoms with Crippen molar-refractivity contribution in [3.63, 3.8) is 0 Å². The highest BCUT2D eigenvalue weighted by Gasteiger charge is 2.48. The molecule has 0 saturated carbocycles. The third-order valence-corrected chi connectivity index (χ3v) is 7.89. The van der Waals surface area contributed by atoms with Crippen molar-refractivity contribution in [2.45, 2.75) is 54.0 Å². The van der Waals surface area contributed by atoms with E-state index in [9.17, 15) is 19.5 Å². The van der Waals surface area contributed by atoms with Crippen LogP contribution in [0.2, 0.25) is 0 Å². The van der Waals surface area contributed by atoms with Gasteiger partial charge in [-0.1, -0.05) is 61.1 Å². The maximum Gasteiger partial charge on any atom is 0.350 e. The Morgan fingerprint density at radius 3 is 2.38 bits per heavy atom. The van der Waals surface area contributed by atoms with Gasteiger partial charge in [0.25, 0.3) is 5.78 Å². The molecule has 1 amide bonds. The zero-order valence-corrected chi connectivity index (χ0v) is 25.5. The average Bonchev–Trinajstić information content (AvgIpc) is 3.46. The van der Waals surface area contributed by atoms with Crippen LogP contribution in [0.15, 0.2) is 48.0 Å². The molecule has 1 aliphatic rings. The smallest absolute Gasteiger partial charge is 0.350 e. The summed E-state index contributed by atoms with van der Waals surface area (Å²) in [6.45, 7) is 12.4. The van der Waals surface area contributed by atoms with Gasteiger partial charge in [-0.05, 0) is 57.7 Å². The minimum atomic E-state index is -1.05. The van der Waals surface area contributed by atoms with Crippen LogP contribution >= 0.6 is 11.3 Å². The fourth-order valence-corrected chi connectivity index (χ4v) is 5.56. The third-order valence-electron chi connectivity index (χ3n) is 6.76. The number of ether oxygens (including phenoxy) is 3. The third kappa shape index (κ3) is 6.33. The van der Waals surface area contributed by atoms with E-state index < -0.39 is 23.7 Å². The van der Waals surface area contributed by atoms with E-state index in [4.69, 9.17) is 14.2 Å². The predicted molar refractivity (Wildman–Crippen MR) is 161 cm³/mol. The summed E-state index contributed by atoms with van der Waals surface area (Å²) in [5.41, 5.74) is 2.16. The first-order chi connectivity index (χ1) is 20.1. The Morgan fingerprint density at radius 2 is 1.74 bits per heavy atom. The molecule has 1 saturated heterocycles. The minimum Gasteiger partial charge on any atom is -0.507 e. The summed E-state index contributed by atoms with van der Waals surface area (Å²) in [4.78, 5) is 45.7. The molecule has 0 aliphatic carbocycles. The van der Waals surface area contributed by atoms with Gasteiger partial charge >= 0.3 is 11.9 Å². The number of thiazole rings is 1. The van der Waals surface area contributed by atoms with Crippen LogP contribution in [-0.4, -0.2) is 47.6 Å². The van der Waals surface area contributed by atoms with Crippen molar-refractivity contribution in [1.29, 1.82) is 0 Å². The molecule has 1 atom stereocenters. The SMILES string of the molecule is CCOC(=O)c1sc(N2C(=O)C(=O)/C(=C(/O)c3ccc(C)cc3)C2c2ccc(OCCC(C)C)c(OCC)c2)nc1C. The van der Waals surface area contributed by atoms with Crippen molar-refractivity contribution >= 4 is 39.9 Å². The molecule has 4 rings (SSSR count). The molecule has 0 radical (unpaired) electrons. The summed E-state index contributed by atoms with van der Waals surface area (Å²) in [7, 11) is 0. The van der Waals surface area contributed by atoms with Gasteiger partial charge in [0.05, 0.1) is 37.1 Å². The van der Waals surface area contributed by atoms with Gasteiger partial charge in [0.2, 0.25) is 0 Å². The quantitative estimate of drug-likeness (QED) is 0.118. The van der Waals surface area contributed by atoms with Crippen LogP contribution in [0.5, 0.6) is 11.5 Å². The number of nitrogens with zero attached hydrogens (tertiary/aromatic N) is 2. The van der Waals surface area contributed by atoms with E-state index in [2.05, 4.69) is 18.8 Å². The molecule has 0 bridgehead atoms. The molecule has 9 nitrogen and oxygen atoms in total. The number of aliphatic hydroxyl groups is 1. The lowest BCUT2D eigenvalue weighted by Crippen LogP contribution is -2.29. The fourth-order valence-electron chi connectivity index (χ4n) is 4.57. The number of Topliss-reactive ketones (excluding diaryl/α,β-unsaturated/α-hetero) is 1. The molecule has 1 fully saturated rings. The molecule has 222 valence electrons. The second kappa shape index (κ2) is 13.2. The Labute approximate surface area is 249 Å². The van der Waals surface area contributed by atoms with E-state index >= 15 is 0 Å². The van der Waals surface area contributed by atoms with Gasteiger partial charge < -0.3 is 19.3 Å². The van der Waals surface area contributed by atoms with Crippen molar-refractivity contribution in [2.75, 3.05) is 24.7 Å². The van der Waals surface area contributed by atoms with Crippen LogP contribution in [0.3, 0.4) is 0 Å². The van der Waals surface area contributed by atoms with Gasteiger partial charge in [-0.25, -0.2) is 9.78 Å². The van der Waals surface area contributed by atoms with E-state index in [1.807, 2.05) is 26.0 Å². The highest BCUT2D eigenvalue weighted by atomic mass is 32.1. The number of ketones is 1. The molecule has 2 aromatic carbocycles. The van der Waals surface area contributed by atoms with E-state index in [1.165, 1.54) is 4.90 Å². The number of hydrogen-bond donors (Lipinski definition) is 1. The molecule has 2 heterocycles. The first-order valence-electron chi connectivity index (χ1n) is 14.0. The van der Waals surface area contributed by atoms with Crippen LogP contribution < -0.4 is 14.4 Å². The Bertz CT molecular complexity index is 1510. The van der Waals surface area contributed by atoms with Crippen molar-refractivity contribution in [3.05, 3.63) is 75.3 Å². The maximum absolute atomic E-state index is 13.6. The molecular formula is C32H36N2O7S. The zero-order valence-electron chi connectivity index (χ0n) is 24.7. The number of anilines is 1. The second-order valence-corrected chi connectivity index (χ2v) is 11.3. The number of hydrogen-bond acceptors (Lipinski definition) is 9. The monoisotopic (exact) mass is 592 g/mol. The first-order valence-corrected chi connectivity index (χ1v) is 14.8.